The van der Waals surface area contributed by atoms with Gasteiger partial charge < -0.3 is 30.3 Å². The maximum Gasteiger partial charge on any atom is 0.121 e. The van der Waals surface area contributed by atoms with Crippen molar-refractivity contribution in [2.75, 3.05) is 0 Å². The minimum atomic E-state index is -0.856. The van der Waals surface area contributed by atoms with Crippen molar-refractivity contribution in [3.05, 3.63) is 20.2 Å². The van der Waals surface area contributed by atoms with Crippen LogP contribution in [0.2, 0.25) is 0 Å². The largest absolute Gasteiger partial charge is 0.602 e. The van der Waals surface area contributed by atoms with E-state index in [9.17, 15) is 4.79 Å². The first-order valence-electron chi connectivity index (χ1n) is 1.06. The normalized spacial score (nSPS) is 2.54. The maximum absolute atomic E-state index is 9.31. The number of carbonyl (C=O) groups excluding carboxylic acids is 1. The molecule has 0 aromatic heterocycles. The Labute approximate surface area is 257 Å². The summed E-state index contributed by atoms with van der Waals surface area (Å²) in [5.41, 5.74) is 6.01. The third kappa shape index (κ3) is 67.8. The van der Waals surface area contributed by atoms with E-state index in [0.29, 0.717) is 0 Å². The molecule has 13 heavy (non-hydrogen) atoms. The van der Waals surface area contributed by atoms with Crippen molar-refractivity contribution in [2.24, 2.45) is 0 Å². The zero-order chi connectivity index (χ0) is 4.28. The quantitative estimate of drug-likeness (QED) is 0.375. The number of urea groups is 1. The summed E-state index contributed by atoms with van der Waals surface area (Å²) in [5, 5.41) is 1.81. The minimum absolute atomic E-state index is 0. The predicted molar refractivity (Wildman–Crippen MR) is 24.6 cm³/mol. The molecular formula is C3H7N2OY7-3. The van der Waals surface area contributed by atoms with E-state index < -0.39 is 6.03 Å². The Bertz CT molecular complexity index is 57.0. The van der Waals surface area contributed by atoms with Crippen molar-refractivity contribution < 1.29 is 234 Å². The molecule has 0 saturated carbocycles. The molecule has 0 atom stereocenters. The van der Waals surface area contributed by atoms with Crippen LogP contribution in [0.3, 0.4) is 0 Å². The molecule has 0 spiro atoms. The van der Waals surface area contributed by atoms with Crippen molar-refractivity contribution >= 4 is 6.03 Å². The minimum Gasteiger partial charge on any atom is -0.602 e. The fourth-order valence-electron chi connectivity index (χ4n) is 0. The number of nitrogens with one attached hydrogen (secondary N) is 2. The fraction of sp³-hybridized carbons (Fsp3) is 0. The van der Waals surface area contributed by atoms with Gasteiger partial charge in [0.2, 0.25) is 0 Å². The number of carbonyl (C=O) groups is 1. The van der Waals surface area contributed by atoms with Crippen molar-refractivity contribution in [1.82, 2.24) is 5.32 Å². The van der Waals surface area contributed by atoms with Crippen molar-refractivity contribution in [3.63, 3.8) is 0 Å². The third-order valence-electron chi connectivity index (χ3n) is 0.161. The first-order chi connectivity index (χ1) is 2.27. The molecule has 7 radical (unpaired) electrons. The summed E-state index contributed by atoms with van der Waals surface area (Å²) in [6.45, 7) is 0. The molecule has 0 aromatic rings. The second-order valence-corrected chi connectivity index (χ2v) is 0.506. The van der Waals surface area contributed by atoms with E-state index in [1.165, 1.54) is 0 Å². The maximum atomic E-state index is 9.31. The first-order valence-corrected chi connectivity index (χ1v) is 1.06. The number of amides is 2. The van der Waals surface area contributed by atoms with Crippen LogP contribution >= 0.6 is 0 Å². The molecule has 0 aliphatic heterocycles. The van der Waals surface area contributed by atoms with Gasteiger partial charge in [-0.2, -0.15) is 0 Å². The summed E-state index contributed by atoms with van der Waals surface area (Å²) in [6.07, 6.45) is 0. The molecule has 0 rings (SSSR count). The molecule has 0 aromatic carbocycles. The second-order valence-electron chi connectivity index (χ2n) is 0.506. The molecule has 2 amide bonds. The van der Waals surface area contributed by atoms with E-state index in [0.717, 1.165) is 0 Å². The topological polar surface area (TPSA) is 52.9 Å². The summed E-state index contributed by atoms with van der Waals surface area (Å²) < 4.78 is 0. The Morgan fingerprint density at radius 1 is 0.923 bits per heavy atom. The average Bonchev–Trinajstić information content (AvgIpc) is 1.38. The molecule has 0 aliphatic rings. The van der Waals surface area contributed by atoms with E-state index in [1.807, 2.05) is 0 Å². The molecule has 0 saturated heterocycles. The molecule has 0 fully saturated rings. The smallest absolute Gasteiger partial charge is 0.121 e. The van der Waals surface area contributed by atoms with Gasteiger partial charge in [-0.15, -0.1) is 0 Å². The van der Waals surface area contributed by atoms with E-state index in [-0.39, 0.29) is 236 Å². The molecule has 0 unspecified atom stereocenters. The van der Waals surface area contributed by atoms with Gasteiger partial charge in [-0.3, -0.25) is 0 Å². The van der Waals surface area contributed by atoms with Gasteiger partial charge >= 0.3 is 0 Å². The Balaban J connectivity index is -0.00000000286. The Kier molecular flexibility index (Phi) is 234. The van der Waals surface area contributed by atoms with Crippen LogP contribution in [0.5, 0.6) is 0 Å². The van der Waals surface area contributed by atoms with Crippen LogP contribution in [0.1, 0.15) is 0 Å². The zero-order valence-electron chi connectivity index (χ0n) is 7.66. The predicted octanol–water partition coefficient (Wildman–Crippen LogP) is 0.973. The summed E-state index contributed by atoms with van der Waals surface area (Å²) in [5.74, 6) is 0. The van der Waals surface area contributed by atoms with Gasteiger partial charge in [0.1, 0.15) is 6.03 Å². The first kappa shape index (κ1) is 59.7. The molecule has 0 heterocycles. The number of rotatable bonds is 0. The average molecular weight is 709 g/mol. The summed E-state index contributed by atoms with van der Waals surface area (Å²) in [6, 6.07) is -0.856. The van der Waals surface area contributed by atoms with Crippen LogP contribution in [0, 0.1) is 14.5 Å². The molecule has 10 heteroatoms. The van der Waals surface area contributed by atoms with Crippen molar-refractivity contribution in [1.29, 1.82) is 0 Å². The van der Waals surface area contributed by atoms with Gasteiger partial charge in [-0.25, -0.2) is 0 Å². The number of hydrogen-bond donors (Lipinski definition) is 1. The summed E-state index contributed by atoms with van der Waals surface area (Å²) in [4.78, 5) is 9.31. The van der Waals surface area contributed by atoms with Crippen molar-refractivity contribution in [2.45, 2.75) is 0 Å². The molecule has 3 nitrogen and oxygen atoms in total. The monoisotopic (exact) mass is 709 g/mol. The van der Waals surface area contributed by atoms with Crippen LogP contribution in [0.15, 0.2) is 0 Å². The van der Waals surface area contributed by atoms with Gasteiger partial charge in [0.25, 0.3) is 0 Å². The SMILES string of the molecule is [CH2-]NC([NH-])=O.[CH3-].[Y].[Y].[Y].[Y].[Y].[Y].[Y]. The summed E-state index contributed by atoms with van der Waals surface area (Å²) in [7, 11) is 2.90. The molecule has 0 bridgehead atoms. The van der Waals surface area contributed by atoms with Crippen LogP contribution < -0.4 is 5.32 Å². The van der Waals surface area contributed by atoms with Crippen LogP contribution in [-0.2, 0) is 229 Å². The van der Waals surface area contributed by atoms with E-state index >= 15 is 0 Å². The third-order valence-corrected chi connectivity index (χ3v) is 0.161. The summed E-state index contributed by atoms with van der Waals surface area (Å²) >= 11 is 0. The van der Waals surface area contributed by atoms with E-state index in [2.05, 4.69) is 7.05 Å². The van der Waals surface area contributed by atoms with Gasteiger partial charge in [0, 0.05) is 229 Å². The van der Waals surface area contributed by atoms with Crippen LogP contribution in [-0.4, -0.2) is 6.03 Å². The fourth-order valence-corrected chi connectivity index (χ4v) is 0. The molecule has 59 valence electrons. The Morgan fingerprint density at radius 3 is 1.00 bits per heavy atom. The van der Waals surface area contributed by atoms with Gasteiger partial charge in [0.15, 0.2) is 0 Å². The standard InChI is InChI=1S/C2H5N2O.CH3.7Y/c1-4-2(3)5;;;;;;;;/h1H2,(H3,3,4,5);1H3;;;;;;;/q2*-1;;;;;;;/p-1. The molecular weight excluding hydrogens is 702 g/mol. The number of hydrogen-bond acceptors (Lipinski definition) is 1. The van der Waals surface area contributed by atoms with Gasteiger partial charge in [-0.1, -0.05) is 0 Å². The zero-order valence-corrected chi connectivity index (χ0v) is 27.5. The Morgan fingerprint density at radius 2 is 1.00 bits per heavy atom. The van der Waals surface area contributed by atoms with Crippen LogP contribution in [0.4, 0.5) is 4.79 Å². The van der Waals surface area contributed by atoms with Crippen molar-refractivity contribution in [3.8, 4) is 0 Å². The van der Waals surface area contributed by atoms with E-state index in [4.69, 9.17) is 5.73 Å². The second kappa shape index (κ2) is 50.9. The van der Waals surface area contributed by atoms with E-state index in [1.54, 1.807) is 5.32 Å². The molecule has 2 N–H and O–H groups in total. The Hall–Kier alpha value is 7.00. The van der Waals surface area contributed by atoms with Gasteiger partial charge in [0.05, 0.1) is 0 Å². The molecule has 0 aliphatic carbocycles. The van der Waals surface area contributed by atoms with Gasteiger partial charge in [-0.05, 0) is 0 Å². The van der Waals surface area contributed by atoms with Crippen LogP contribution in [0.25, 0.3) is 5.73 Å².